The number of hydrogen-bond acceptors (Lipinski definition) is 0. The zero-order chi connectivity index (χ0) is 13.3. The van der Waals surface area contributed by atoms with Gasteiger partial charge < -0.3 is 0 Å². The molecule has 0 atom stereocenters. The summed E-state index contributed by atoms with van der Waals surface area (Å²) >= 11 is 0. The van der Waals surface area contributed by atoms with Crippen LogP contribution in [-0.2, 0) is 0 Å². The standard InChI is InChI=1S/C17H19F/c1-11(2)14-6-8-15(9-7-14)16-10-5-12(3)17(18)13(16)4/h5-11H,1-4H3. The molecule has 0 radical (unpaired) electrons. The summed E-state index contributed by atoms with van der Waals surface area (Å²) in [5, 5.41) is 0. The molecule has 1 heteroatoms. The first-order valence-corrected chi connectivity index (χ1v) is 6.36. The van der Waals surface area contributed by atoms with Gasteiger partial charge in [-0.25, -0.2) is 4.39 Å². The summed E-state index contributed by atoms with van der Waals surface area (Å²) in [5.41, 5.74) is 4.80. The Bertz CT molecular complexity index is 551. The molecule has 2 aromatic carbocycles. The number of halogens is 1. The fraction of sp³-hybridized carbons (Fsp3) is 0.294. The van der Waals surface area contributed by atoms with Gasteiger partial charge >= 0.3 is 0 Å². The van der Waals surface area contributed by atoms with Crippen molar-refractivity contribution in [3.63, 3.8) is 0 Å². The van der Waals surface area contributed by atoms with Crippen LogP contribution in [-0.4, -0.2) is 0 Å². The highest BCUT2D eigenvalue weighted by Crippen LogP contribution is 2.28. The van der Waals surface area contributed by atoms with Crippen molar-refractivity contribution in [2.45, 2.75) is 33.6 Å². The molecule has 0 spiro atoms. The molecule has 0 aliphatic carbocycles. The summed E-state index contributed by atoms with van der Waals surface area (Å²) < 4.78 is 13.9. The molecule has 0 amide bonds. The van der Waals surface area contributed by atoms with E-state index in [0.29, 0.717) is 11.5 Å². The van der Waals surface area contributed by atoms with Crippen LogP contribution in [0.15, 0.2) is 36.4 Å². The van der Waals surface area contributed by atoms with Crippen LogP contribution < -0.4 is 0 Å². The van der Waals surface area contributed by atoms with Gasteiger partial charge in [0.2, 0.25) is 0 Å². The SMILES string of the molecule is Cc1ccc(-c2ccc(C(C)C)cc2)c(C)c1F. The summed E-state index contributed by atoms with van der Waals surface area (Å²) in [6.07, 6.45) is 0. The van der Waals surface area contributed by atoms with Crippen molar-refractivity contribution >= 4 is 0 Å². The molecule has 0 bridgehead atoms. The van der Waals surface area contributed by atoms with Crippen LogP contribution in [0.4, 0.5) is 4.39 Å². The maximum atomic E-state index is 13.9. The Morgan fingerprint density at radius 1 is 0.889 bits per heavy atom. The molecule has 2 rings (SSSR count). The summed E-state index contributed by atoms with van der Waals surface area (Å²) in [7, 11) is 0. The van der Waals surface area contributed by atoms with E-state index in [0.717, 1.165) is 16.7 Å². The van der Waals surface area contributed by atoms with E-state index >= 15 is 0 Å². The average Bonchev–Trinajstić information content (AvgIpc) is 2.36. The van der Waals surface area contributed by atoms with E-state index in [2.05, 4.69) is 38.1 Å². The minimum absolute atomic E-state index is 0.0968. The third-order valence-corrected chi connectivity index (χ3v) is 3.47. The van der Waals surface area contributed by atoms with Crippen LogP contribution in [0.5, 0.6) is 0 Å². The predicted octanol–water partition coefficient (Wildman–Crippen LogP) is 5.23. The highest BCUT2D eigenvalue weighted by molar-refractivity contribution is 5.68. The highest BCUT2D eigenvalue weighted by atomic mass is 19.1. The highest BCUT2D eigenvalue weighted by Gasteiger charge is 2.09. The molecule has 0 aliphatic heterocycles. The van der Waals surface area contributed by atoms with Gasteiger partial charge in [0.25, 0.3) is 0 Å². The summed E-state index contributed by atoms with van der Waals surface area (Å²) in [6.45, 7) is 7.99. The van der Waals surface area contributed by atoms with Crippen molar-refractivity contribution in [1.29, 1.82) is 0 Å². The Balaban J connectivity index is 2.46. The van der Waals surface area contributed by atoms with E-state index in [9.17, 15) is 4.39 Å². The second-order valence-corrected chi connectivity index (χ2v) is 5.15. The lowest BCUT2D eigenvalue weighted by molar-refractivity contribution is 0.610. The van der Waals surface area contributed by atoms with E-state index in [1.165, 1.54) is 5.56 Å². The molecule has 94 valence electrons. The van der Waals surface area contributed by atoms with E-state index in [-0.39, 0.29) is 5.82 Å². The van der Waals surface area contributed by atoms with Gasteiger partial charge in [0, 0.05) is 0 Å². The van der Waals surface area contributed by atoms with Crippen LogP contribution in [0.3, 0.4) is 0 Å². The van der Waals surface area contributed by atoms with E-state index in [1.54, 1.807) is 6.92 Å². The normalized spacial score (nSPS) is 11.0. The lowest BCUT2D eigenvalue weighted by atomic mass is 9.95. The fourth-order valence-corrected chi connectivity index (χ4v) is 2.18. The molecule has 0 unspecified atom stereocenters. The Morgan fingerprint density at radius 2 is 1.50 bits per heavy atom. The topological polar surface area (TPSA) is 0 Å². The van der Waals surface area contributed by atoms with Crippen molar-refractivity contribution in [3.8, 4) is 11.1 Å². The molecule has 0 aliphatic rings. The molecule has 0 saturated heterocycles. The lowest BCUT2D eigenvalue weighted by Gasteiger charge is -2.11. The molecule has 0 aromatic heterocycles. The first kappa shape index (κ1) is 12.8. The second kappa shape index (κ2) is 4.93. The summed E-state index contributed by atoms with van der Waals surface area (Å²) in [6, 6.07) is 12.2. The van der Waals surface area contributed by atoms with Gasteiger partial charge in [-0.1, -0.05) is 50.2 Å². The van der Waals surface area contributed by atoms with E-state index in [4.69, 9.17) is 0 Å². The summed E-state index contributed by atoms with van der Waals surface area (Å²) in [5.74, 6) is 0.426. The zero-order valence-corrected chi connectivity index (χ0v) is 11.4. The Labute approximate surface area is 108 Å². The van der Waals surface area contributed by atoms with E-state index < -0.39 is 0 Å². The van der Waals surface area contributed by atoms with Crippen molar-refractivity contribution in [2.24, 2.45) is 0 Å². The fourth-order valence-electron chi connectivity index (χ4n) is 2.18. The average molecular weight is 242 g/mol. The Morgan fingerprint density at radius 3 is 2.06 bits per heavy atom. The molecule has 0 heterocycles. The largest absolute Gasteiger partial charge is 0.206 e. The third kappa shape index (κ3) is 2.31. The summed E-state index contributed by atoms with van der Waals surface area (Å²) in [4.78, 5) is 0. The first-order chi connectivity index (χ1) is 8.50. The minimum atomic E-state index is -0.0968. The Hall–Kier alpha value is -1.63. The number of aryl methyl sites for hydroxylation is 1. The van der Waals surface area contributed by atoms with Crippen LogP contribution in [0, 0.1) is 19.7 Å². The van der Waals surface area contributed by atoms with Gasteiger partial charge in [-0.05, 0) is 47.6 Å². The van der Waals surface area contributed by atoms with Crippen molar-refractivity contribution in [3.05, 3.63) is 58.9 Å². The molecular formula is C17H19F. The van der Waals surface area contributed by atoms with Crippen molar-refractivity contribution in [2.75, 3.05) is 0 Å². The van der Waals surface area contributed by atoms with E-state index in [1.807, 2.05) is 19.1 Å². The molecule has 0 fully saturated rings. The van der Waals surface area contributed by atoms with Gasteiger partial charge in [0.1, 0.15) is 5.82 Å². The first-order valence-electron chi connectivity index (χ1n) is 6.36. The zero-order valence-electron chi connectivity index (χ0n) is 11.4. The van der Waals surface area contributed by atoms with Gasteiger partial charge in [0.15, 0.2) is 0 Å². The predicted molar refractivity (Wildman–Crippen MR) is 75.4 cm³/mol. The number of rotatable bonds is 2. The number of hydrogen-bond donors (Lipinski definition) is 0. The smallest absolute Gasteiger partial charge is 0.129 e. The lowest BCUT2D eigenvalue weighted by Crippen LogP contribution is -1.92. The van der Waals surface area contributed by atoms with Gasteiger partial charge in [0.05, 0.1) is 0 Å². The maximum Gasteiger partial charge on any atom is 0.129 e. The molecule has 0 N–H and O–H groups in total. The van der Waals surface area contributed by atoms with Crippen LogP contribution >= 0.6 is 0 Å². The monoisotopic (exact) mass is 242 g/mol. The van der Waals surface area contributed by atoms with Crippen LogP contribution in [0.25, 0.3) is 11.1 Å². The van der Waals surface area contributed by atoms with Gasteiger partial charge in [-0.2, -0.15) is 0 Å². The molecule has 18 heavy (non-hydrogen) atoms. The van der Waals surface area contributed by atoms with Gasteiger partial charge in [-0.3, -0.25) is 0 Å². The third-order valence-electron chi connectivity index (χ3n) is 3.47. The van der Waals surface area contributed by atoms with Crippen molar-refractivity contribution < 1.29 is 4.39 Å². The minimum Gasteiger partial charge on any atom is -0.206 e. The van der Waals surface area contributed by atoms with Gasteiger partial charge in [-0.15, -0.1) is 0 Å². The van der Waals surface area contributed by atoms with Crippen LogP contribution in [0.2, 0.25) is 0 Å². The maximum absolute atomic E-state index is 13.9. The van der Waals surface area contributed by atoms with Crippen LogP contribution in [0.1, 0.15) is 36.5 Å². The number of benzene rings is 2. The molecular weight excluding hydrogens is 223 g/mol. The quantitative estimate of drug-likeness (QED) is 0.676. The molecule has 0 nitrogen and oxygen atoms in total. The Kier molecular flexibility index (Phi) is 3.51. The van der Waals surface area contributed by atoms with Crippen molar-refractivity contribution in [1.82, 2.24) is 0 Å². The second-order valence-electron chi connectivity index (χ2n) is 5.15. The molecule has 2 aromatic rings. The molecule has 0 saturated carbocycles.